The number of nitrogens with two attached hydrogens (primary N) is 1. The number of fused-ring (bicyclic) bond motifs is 1. The highest BCUT2D eigenvalue weighted by Gasteiger charge is 2.32. The molecule has 2 heterocycles. The summed E-state index contributed by atoms with van der Waals surface area (Å²) in [7, 11) is 0. The van der Waals surface area contributed by atoms with Gasteiger partial charge in [-0.3, -0.25) is 9.79 Å². The normalized spacial score (nSPS) is 22.8. The predicted molar refractivity (Wildman–Crippen MR) is 97.8 cm³/mol. The van der Waals surface area contributed by atoms with Crippen molar-refractivity contribution in [1.29, 1.82) is 0 Å². The van der Waals surface area contributed by atoms with E-state index < -0.39 is 12.0 Å². The number of ether oxygens (including phenoxy) is 1. The first kappa shape index (κ1) is 16.9. The number of carbonyl (C=O) groups is 1. The number of amides is 1. The zero-order chi connectivity index (χ0) is 18.1. The van der Waals surface area contributed by atoms with Gasteiger partial charge in [-0.05, 0) is 31.0 Å². The van der Waals surface area contributed by atoms with Gasteiger partial charge < -0.3 is 15.4 Å². The summed E-state index contributed by atoms with van der Waals surface area (Å²) in [5.41, 5.74) is 8.17. The molecule has 4 rings (SSSR count). The molecule has 5 nitrogen and oxygen atoms in total. The Hall–Kier alpha value is -2.57. The number of rotatable bonds is 3. The quantitative estimate of drug-likeness (QED) is 0.922. The summed E-state index contributed by atoms with van der Waals surface area (Å²) in [6, 6.07) is 13.8. The maximum atomic E-state index is 14.4. The molecule has 1 saturated heterocycles. The van der Waals surface area contributed by atoms with Crippen LogP contribution >= 0.6 is 0 Å². The molecule has 134 valence electrons. The van der Waals surface area contributed by atoms with E-state index >= 15 is 0 Å². The van der Waals surface area contributed by atoms with Crippen molar-refractivity contribution in [2.45, 2.75) is 25.1 Å². The van der Waals surface area contributed by atoms with Gasteiger partial charge >= 0.3 is 0 Å². The summed E-state index contributed by atoms with van der Waals surface area (Å²) in [5.74, 6) is -0.701. The summed E-state index contributed by atoms with van der Waals surface area (Å²) in [4.78, 5) is 18.9. The van der Waals surface area contributed by atoms with Crippen molar-refractivity contribution < 1.29 is 13.9 Å². The minimum absolute atomic E-state index is 0.0192. The molecule has 1 fully saturated rings. The molecule has 0 saturated carbocycles. The van der Waals surface area contributed by atoms with Crippen LogP contribution in [0.25, 0.3) is 0 Å². The Kier molecular flexibility index (Phi) is 4.53. The Morgan fingerprint density at radius 2 is 1.88 bits per heavy atom. The van der Waals surface area contributed by atoms with Crippen LogP contribution in [0.4, 0.5) is 10.1 Å². The Morgan fingerprint density at radius 1 is 1.15 bits per heavy atom. The minimum Gasteiger partial charge on any atom is -0.376 e. The SMILES string of the molecule is N[C@H]1N=C(c2ccccc2F)c2ccccc2N(CC2CCCO2)C1=O. The van der Waals surface area contributed by atoms with Crippen LogP contribution in [0.2, 0.25) is 0 Å². The second-order valence-electron chi connectivity index (χ2n) is 6.50. The molecule has 0 aromatic heterocycles. The van der Waals surface area contributed by atoms with Crippen molar-refractivity contribution >= 4 is 17.3 Å². The maximum absolute atomic E-state index is 14.4. The van der Waals surface area contributed by atoms with E-state index in [4.69, 9.17) is 10.5 Å². The summed E-state index contributed by atoms with van der Waals surface area (Å²) in [6.07, 6.45) is 0.784. The van der Waals surface area contributed by atoms with E-state index in [1.807, 2.05) is 24.3 Å². The lowest BCUT2D eigenvalue weighted by Crippen LogP contribution is -2.45. The van der Waals surface area contributed by atoms with Crippen molar-refractivity contribution in [3.05, 3.63) is 65.5 Å². The smallest absolute Gasteiger partial charge is 0.266 e. The Morgan fingerprint density at radius 3 is 2.62 bits per heavy atom. The molecule has 2 aliphatic rings. The topological polar surface area (TPSA) is 67.9 Å². The van der Waals surface area contributed by atoms with E-state index in [0.717, 1.165) is 12.8 Å². The first-order valence-corrected chi connectivity index (χ1v) is 8.76. The van der Waals surface area contributed by atoms with Crippen molar-refractivity contribution in [3.63, 3.8) is 0 Å². The fraction of sp³-hybridized carbons (Fsp3) is 0.300. The number of aliphatic imine (C=N–C) groups is 1. The maximum Gasteiger partial charge on any atom is 0.266 e. The van der Waals surface area contributed by atoms with Gasteiger partial charge in [0, 0.05) is 17.7 Å². The monoisotopic (exact) mass is 353 g/mol. The van der Waals surface area contributed by atoms with Gasteiger partial charge in [-0.15, -0.1) is 0 Å². The van der Waals surface area contributed by atoms with E-state index in [1.165, 1.54) is 6.07 Å². The van der Waals surface area contributed by atoms with Gasteiger partial charge in [0.15, 0.2) is 6.17 Å². The number of benzene rings is 2. The molecule has 2 atom stereocenters. The number of para-hydroxylation sites is 1. The number of anilines is 1. The van der Waals surface area contributed by atoms with Gasteiger partial charge in [0.25, 0.3) is 5.91 Å². The number of nitrogens with zero attached hydrogens (tertiary/aromatic N) is 2. The molecule has 0 aliphatic carbocycles. The van der Waals surface area contributed by atoms with Crippen LogP contribution in [0.15, 0.2) is 53.5 Å². The molecular formula is C20H20FN3O2. The van der Waals surface area contributed by atoms with Gasteiger partial charge in [-0.25, -0.2) is 4.39 Å². The van der Waals surface area contributed by atoms with E-state index in [-0.39, 0.29) is 12.0 Å². The Labute approximate surface area is 151 Å². The first-order chi connectivity index (χ1) is 12.6. The lowest BCUT2D eigenvalue weighted by Gasteiger charge is -2.26. The van der Waals surface area contributed by atoms with Crippen molar-refractivity contribution in [3.8, 4) is 0 Å². The molecule has 6 heteroatoms. The molecule has 2 aromatic carbocycles. The standard InChI is InChI=1S/C20H20FN3O2/c21-16-9-3-1-7-14(16)18-15-8-2-4-10-17(15)24(20(25)19(22)23-18)12-13-6-5-11-26-13/h1-4,7-10,13,19H,5-6,11-12,22H2/t13?,19-/m0/s1. The van der Waals surface area contributed by atoms with Crippen LogP contribution in [-0.4, -0.2) is 37.0 Å². The van der Waals surface area contributed by atoms with Gasteiger partial charge in [0.2, 0.25) is 0 Å². The van der Waals surface area contributed by atoms with Gasteiger partial charge in [0.05, 0.1) is 24.0 Å². The second kappa shape index (κ2) is 6.97. The van der Waals surface area contributed by atoms with Crippen LogP contribution in [-0.2, 0) is 9.53 Å². The highest BCUT2D eigenvalue weighted by molar-refractivity contribution is 6.20. The average molecular weight is 353 g/mol. The van der Waals surface area contributed by atoms with E-state index in [1.54, 1.807) is 23.1 Å². The van der Waals surface area contributed by atoms with Crippen molar-refractivity contribution in [1.82, 2.24) is 0 Å². The lowest BCUT2D eigenvalue weighted by molar-refractivity contribution is -0.120. The molecule has 2 N–H and O–H groups in total. The molecule has 1 unspecified atom stereocenters. The molecule has 2 aromatic rings. The van der Waals surface area contributed by atoms with Gasteiger partial charge in [-0.2, -0.15) is 0 Å². The van der Waals surface area contributed by atoms with Crippen molar-refractivity contribution in [2.24, 2.45) is 10.7 Å². The molecule has 26 heavy (non-hydrogen) atoms. The van der Waals surface area contributed by atoms with E-state index in [2.05, 4.69) is 4.99 Å². The van der Waals surface area contributed by atoms with Crippen LogP contribution in [0.5, 0.6) is 0 Å². The molecule has 0 bridgehead atoms. The molecule has 1 amide bonds. The van der Waals surface area contributed by atoms with Crippen molar-refractivity contribution in [2.75, 3.05) is 18.1 Å². The highest BCUT2D eigenvalue weighted by Crippen LogP contribution is 2.29. The highest BCUT2D eigenvalue weighted by atomic mass is 19.1. The summed E-state index contributed by atoms with van der Waals surface area (Å²) >= 11 is 0. The molecular weight excluding hydrogens is 333 g/mol. The number of benzodiazepines with no additional fused rings is 1. The van der Waals surface area contributed by atoms with Gasteiger partial charge in [-0.1, -0.05) is 30.3 Å². The minimum atomic E-state index is -1.08. The lowest BCUT2D eigenvalue weighted by atomic mass is 9.99. The largest absolute Gasteiger partial charge is 0.376 e. The summed E-state index contributed by atoms with van der Waals surface area (Å²) in [6.45, 7) is 1.13. The Balaban J connectivity index is 1.82. The van der Waals surface area contributed by atoms with Crippen LogP contribution in [0.3, 0.4) is 0 Å². The molecule has 2 aliphatic heterocycles. The average Bonchev–Trinajstić information content (AvgIpc) is 3.14. The van der Waals surface area contributed by atoms with Crippen LogP contribution in [0, 0.1) is 5.82 Å². The number of halogens is 1. The van der Waals surface area contributed by atoms with E-state index in [9.17, 15) is 9.18 Å². The molecule has 0 spiro atoms. The number of carbonyl (C=O) groups excluding carboxylic acids is 1. The number of hydrogen-bond donors (Lipinski definition) is 1. The zero-order valence-electron chi connectivity index (χ0n) is 14.3. The first-order valence-electron chi connectivity index (χ1n) is 8.76. The van der Waals surface area contributed by atoms with Crippen LogP contribution < -0.4 is 10.6 Å². The van der Waals surface area contributed by atoms with Crippen LogP contribution in [0.1, 0.15) is 24.0 Å². The third-order valence-corrected chi connectivity index (χ3v) is 4.78. The zero-order valence-corrected chi connectivity index (χ0v) is 14.3. The summed E-state index contributed by atoms with van der Waals surface area (Å²) in [5, 5.41) is 0. The summed E-state index contributed by atoms with van der Waals surface area (Å²) < 4.78 is 20.1. The fourth-order valence-corrected chi connectivity index (χ4v) is 3.50. The third-order valence-electron chi connectivity index (χ3n) is 4.78. The van der Waals surface area contributed by atoms with Gasteiger partial charge in [0.1, 0.15) is 5.82 Å². The predicted octanol–water partition coefficient (Wildman–Crippen LogP) is 2.47. The fourth-order valence-electron chi connectivity index (χ4n) is 3.50. The molecule has 0 radical (unpaired) electrons. The third kappa shape index (κ3) is 3.02. The number of hydrogen-bond acceptors (Lipinski definition) is 4. The second-order valence-corrected chi connectivity index (χ2v) is 6.50. The Bertz CT molecular complexity index is 862. The van der Waals surface area contributed by atoms with E-state index in [0.29, 0.717) is 35.7 Å².